The summed E-state index contributed by atoms with van der Waals surface area (Å²) in [5.74, 6) is -0.610. The summed E-state index contributed by atoms with van der Waals surface area (Å²) >= 11 is 0. The Balaban J connectivity index is 0.000000474. The molecule has 2 bridgehead atoms. The van der Waals surface area contributed by atoms with Crippen LogP contribution in [0.5, 0.6) is 0 Å². The summed E-state index contributed by atoms with van der Waals surface area (Å²) in [4.78, 5) is 41.8. The molecule has 4 N–H and O–H groups in total. The molecule has 0 spiro atoms. The number of urea groups is 1. The van der Waals surface area contributed by atoms with Gasteiger partial charge in [-0.2, -0.15) is 13.5 Å². The second-order valence-corrected chi connectivity index (χ2v) is 13.5. The Bertz CT molecular complexity index is 979. The van der Waals surface area contributed by atoms with E-state index in [2.05, 4.69) is 37.5 Å². The van der Waals surface area contributed by atoms with Gasteiger partial charge in [0, 0.05) is 12.1 Å². The predicted molar refractivity (Wildman–Crippen MR) is 163 cm³/mol. The molecule has 13 nitrogen and oxygen atoms in total. The zero-order valence-corrected chi connectivity index (χ0v) is 28.0. The lowest BCUT2D eigenvalue weighted by molar-refractivity contribution is -0.165. The van der Waals surface area contributed by atoms with Gasteiger partial charge in [-0.25, -0.2) is 15.1 Å². The Hall–Kier alpha value is -2.00. The van der Waals surface area contributed by atoms with Crippen molar-refractivity contribution in [2.45, 2.75) is 149 Å². The summed E-state index contributed by atoms with van der Waals surface area (Å²) in [7, 11) is -4.85. The van der Waals surface area contributed by atoms with Crippen LogP contribution in [0.3, 0.4) is 0 Å². The van der Waals surface area contributed by atoms with Crippen LogP contribution in [0.1, 0.15) is 126 Å². The van der Waals surface area contributed by atoms with E-state index in [4.69, 9.17) is 19.9 Å². The maximum absolute atomic E-state index is 12.2. The average Bonchev–Trinajstić information content (AvgIpc) is 3.14. The molecular formula is C29H56N4O9S. The van der Waals surface area contributed by atoms with Gasteiger partial charge < -0.3 is 15.4 Å². The molecular weight excluding hydrogens is 580 g/mol. The summed E-state index contributed by atoms with van der Waals surface area (Å²) in [5.41, 5.74) is 8.27. The van der Waals surface area contributed by atoms with E-state index in [1.54, 1.807) is 20.8 Å². The number of hydrogen-bond donors (Lipinski definition) is 3. The molecule has 1 unspecified atom stereocenters. The standard InChI is InChI=1S/C16H35N.C13H21N3O9S/c1-5-9-12-15(8-4)16(17,13-10-6-2)14-11-7-3;1-13(2,3)24-10(17)7-23-14-11(18)9-5-4-8-6-15(9)12(19)16(8)25-26(20,21)22/h15H,5-14,17H2,1-4H3;8-9H,4-7H2,1-3H3,(H,14,18)(H,20,21,22)/t;8-,9+/m.1/s1. The maximum Gasteiger partial charge on any atom is 0.418 e. The molecule has 2 aliphatic rings. The molecule has 0 saturated carbocycles. The highest BCUT2D eigenvalue weighted by Crippen LogP contribution is 2.33. The van der Waals surface area contributed by atoms with Crippen LogP contribution >= 0.6 is 0 Å². The lowest BCUT2D eigenvalue weighted by Gasteiger charge is -2.38. The molecule has 3 amide bonds. The highest BCUT2D eigenvalue weighted by molar-refractivity contribution is 7.80. The number of fused-ring (bicyclic) bond motifs is 2. The minimum absolute atomic E-state index is 0.0541. The molecule has 2 rings (SSSR count). The van der Waals surface area contributed by atoms with Gasteiger partial charge >= 0.3 is 22.4 Å². The van der Waals surface area contributed by atoms with Gasteiger partial charge in [0.2, 0.25) is 0 Å². The number of ether oxygens (including phenoxy) is 1. The SMILES string of the molecule is CC(C)(C)OC(=O)CONC(=O)[C@@H]1CC[C@@H]2CN1C(=O)N2OS(=O)(=O)O.CCCCC(CC)C(N)(CCCC)CCCC. The number of nitrogens with one attached hydrogen (secondary N) is 1. The van der Waals surface area contributed by atoms with Crippen molar-refractivity contribution in [3.8, 4) is 0 Å². The number of carbonyl (C=O) groups is 3. The minimum atomic E-state index is -4.85. The summed E-state index contributed by atoms with van der Waals surface area (Å²) in [5, 5.41) is 0.532. The number of hydrogen-bond acceptors (Lipinski definition) is 9. The van der Waals surface area contributed by atoms with Crippen molar-refractivity contribution >= 4 is 28.3 Å². The Morgan fingerprint density at radius 3 is 2.12 bits per heavy atom. The van der Waals surface area contributed by atoms with E-state index < -0.39 is 52.6 Å². The first kappa shape index (κ1) is 39.0. The monoisotopic (exact) mass is 636 g/mol. The average molecular weight is 637 g/mol. The summed E-state index contributed by atoms with van der Waals surface area (Å²) in [6, 6.07) is -2.39. The third kappa shape index (κ3) is 13.7. The van der Waals surface area contributed by atoms with E-state index >= 15 is 0 Å². The third-order valence-electron chi connectivity index (χ3n) is 7.79. The number of hydroxylamine groups is 3. The highest BCUT2D eigenvalue weighted by Gasteiger charge is 2.49. The normalized spacial score (nSPS) is 19.5. The lowest BCUT2D eigenvalue weighted by Crippen LogP contribution is -2.50. The number of esters is 1. The first-order chi connectivity index (χ1) is 20.0. The Morgan fingerprint density at radius 2 is 1.63 bits per heavy atom. The number of unbranched alkanes of at least 4 members (excludes halogenated alkanes) is 3. The second kappa shape index (κ2) is 18.1. The number of nitrogens with zero attached hydrogens (tertiary/aromatic N) is 2. The Kier molecular flexibility index (Phi) is 16.4. The summed E-state index contributed by atoms with van der Waals surface area (Å²) < 4.78 is 39.6. The number of amides is 3. The van der Waals surface area contributed by atoms with Crippen molar-refractivity contribution in [1.29, 1.82) is 0 Å². The van der Waals surface area contributed by atoms with Gasteiger partial charge in [0.25, 0.3) is 5.91 Å². The molecule has 2 aliphatic heterocycles. The summed E-state index contributed by atoms with van der Waals surface area (Å²) in [6.45, 7) is 13.7. The van der Waals surface area contributed by atoms with Crippen LogP contribution in [-0.2, 0) is 33.8 Å². The van der Waals surface area contributed by atoms with Gasteiger partial charge in [-0.1, -0.05) is 72.6 Å². The number of rotatable bonds is 17. The molecule has 3 atom stereocenters. The molecule has 2 heterocycles. The molecule has 2 fully saturated rings. The van der Waals surface area contributed by atoms with Gasteiger partial charge in [0.05, 0.1) is 6.04 Å². The van der Waals surface area contributed by atoms with Crippen molar-refractivity contribution < 1.29 is 41.2 Å². The van der Waals surface area contributed by atoms with Gasteiger partial charge in [0.15, 0.2) is 6.61 Å². The van der Waals surface area contributed by atoms with E-state index in [0.29, 0.717) is 5.06 Å². The molecule has 0 aromatic carbocycles. The topological polar surface area (TPSA) is 178 Å². The third-order valence-corrected chi connectivity index (χ3v) is 8.14. The molecule has 252 valence electrons. The molecule has 14 heteroatoms. The molecule has 0 radical (unpaired) electrons. The lowest BCUT2D eigenvalue weighted by atomic mass is 9.73. The van der Waals surface area contributed by atoms with Crippen LogP contribution in [0.2, 0.25) is 0 Å². The molecule has 0 aliphatic carbocycles. The van der Waals surface area contributed by atoms with Crippen molar-refractivity contribution in [3.63, 3.8) is 0 Å². The number of piperidine rings is 1. The van der Waals surface area contributed by atoms with Crippen LogP contribution < -0.4 is 11.2 Å². The smallest absolute Gasteiger partial charge is 0.418 e. The van der Waals surface area contributed by atoms with Gasteiger partial charge in [0.1, 0.15) is 11.6 Å². The van der Waals surface area contributed by atoms with Crippen LogP contribution in [-0.4, -0.2) is 77.2 Å². The largest absolute Gasteiger partial charge is 0.458 e. The van der Waals surface area contributed by atoms with E-state index in [-0.39, 0.29) is 24.9 Å². The highest BCUT2D eigenvalue weighted by atomic mass is 32.3. The van der Waals surface area contributed by atoms with Crippen LogP contribution in [0.25, 0.3) is 0 Å². The fourth-order valence-corrected chi connectivity index (χ4v) is 5.99. The van der Waals surface area contributed by atoms with E-state index in [1.807, 2.05) is 0 Å². The van der Waals surface area contributed by atoms with Crippen molar-refractivity contribution in [1.82, 2.24) is 15.4 Å². The van der Waals surface area contributed by atoms with Gasteiger partial charge in [-0.3, -0.25) is 14.2 Å². The van der Waals surface area contributed by atoms with Crippen LogP contribution in [0.4, 0.5) is 4.79 Å². The zero-order valence-electron chi connectivity index (χ0n) is 27.2. The first-order valence-electron chi connectivity index (χ1n) is 15.7. The molecule has 43 heavy (non-hydrogen) atoms. The molecule has 2 saturated heterocycles. The van der Waals surface area contributed by atoms with Crippen molar-refractivity contribution in [3.05, 3.63) is 0 Å². The Labute approximate surface area is 258 Å². The van der Waals surface area contributed by atoms with E-state index in [9.17, 15) is 22.8 Å². The fourth-order valence-electron chi connectivity index (χ4n) is 5.60. The molecule has 0 aromatic rings. The van der Waals surface area contributed by atoms with Crippen molar-refractivity contribution in [2.75, 3.05) is 13.2 Å². The van der Waals surface area contributed by atoms with Gasteiger partial charge in [-0.15, -0.1) is 4.28 Å². The van der Waals surface area contributed by atoms with Gasteiger partial charge in [-0.05, 0) is 58.8 Å². The minimum Gasteiger partial charge on any atom is -0.458 e. The number of carbonyl (C=O) groups excluding carboxylic acids is 3. The second-order valence-electron chi connectivity index (χ2n) is 12.5. The van der Waals surface area contributed by atoms with E-state index in [1.165, 1.54) is 64.2 Å². The summed E-state index contributed by atoms with van der Waals surface area (Å²) in [6.07, 6.45) is 13.3. The quantitative estimate of drug-likeness (QED) is 0.116. The van der Waals surface area contributed by atoms with Crippen LogP contribution in [0, 0.1) is 5.92 Å². The molecule has 0 aromatic heterocycles. The van der Waals surface area contributed by atoms with Crippen molar-refractivity contribution in [2.24, 2.45) is 11.7 Å². The van der Waals surface area contributed by atoms with Crippen LogP contribution in [0.15, 0.2) is 0 Å². The maximum atomic E-state index is 12.2. The fraction of sp³-hybridized carbons (Fsp3) is 0.897. The first-order valence-corrected chi connectivity index (χ1v) is 17.1. The Morgan fingerprint density at radius 1 is 1.05 bits per heavy atom. The number of nitrogens with two attached hydrogens (primary N) is 1. The zero-order chi connectivity index (χ0) is 32.8. The predicted octanol–water partition coefficient (Wildman–Crippen LogP) is 4.66. The van der Waals surface area contributed by atoms with E-state index in [0.717, 1.165) is 10.8 Å².